The number of rotatable bonds is 6. The van der Waals surface area contributed by atoms with Crippen molar-refractivity contribution >= 4 is 23.6 Å². The van der Waals surface area contributed by atoms with Crippen molar-refractivity contribution < 1.29 is 14.3 Å². The van der Waals surface area contributed by atoms with Crippen molar-refractivity contribution in [2.24, 2.45) is 5.92 Å². The zero-order valence-corrected chi connectivity index (χ0v) is 18.3. The van der Waals surface area contributed by atoms with Crippen molar-refractivity contribution in [1.29, 1.82) is 0 Å². The van der Waals surface area contributed by atoms with Crippen molar-refractivity contribution in [3.8, 4) is 0 Å². The fraction of sp³-hybridized carbons (Fsp3) is 0.455. The van der Waals surface area contributed by atoms with E-state index in [-0.39, 0.29) is 23.3 Å². The van der Waals surface area contributed by atoms with E-state index in [9.17, 15) is 9.59 Å². The van der Waals surface area contributed by atoms with Crippen LogP contribution < -0.4 is 10.6 Å². The van der Waals surface area contributed by atoms with Crippen LogP contribution in [0, 0.1) is 5.92 Å². The molecule has 0 saturated heterocycles. The maximum absolute atomic E-state index is 12.7. The average Bonchev–Trinajstić information content (AvgIpc) is 2.57. The first-order chi connectivity index (χ1) is 13.1. The van der Waals surface area contributed by atoms with E-state index in [1.54, 1.807) is 11.8 Å². The SMILES string of the molecule is CC1=C(C(=O)NC(C)(C)C)C(C)C(C(=O)OCCSc2ccccc2)=C(C)N1. The van der Waals surface area contributed by atoms with Gasteiger partial charge in [0.2, 0.25) is 5.91 Å². The Bertz CT molecular complexity index is 792. The van der Waals surface area contributed by atoms with Crippen LogP contribution in [0.2, 0.25) is 0 Å². The minimum Gasteiger partial charge on any atom is -0.461 e. The van der Waals surface area contributed by atoms with Crippen LogP contribution in [-0.4, -0.2) is 29.8 Å². The number of benzene rings is 1. The lowest BCUT2D eigenvalue weighted by atomic mass is 9.86. The van der Waals surface area contributed by atoms with E-state index in [2.05, 4.69) is 10.6 Å². The van der Waals surface area contributed by atoms with Gasteiger partial charge in [0.05, 0.1) is 5.57 Å². The number of carbonyl (C=O) groups excluding carboxylic acids is 2. The predicted molar refractivity (Wildman–Crippen MR) is 114 cm³/mol. The van der Waals surface area contributed by atoms with E-state index >= 15 is 0 Å². The van der Waals surface area contributed by atoms with Crippen LogP contribution in [-0.2, 0) is 14.3 Å². The molecule has 0 aromatic heterocycles. The third kappa shape index (κ3) is 5.89. The van der Waals surface area contributed by atoms with Crippen LogP contribution >= 0.6 is 11.8 Å². The standard InChI is InChI=1S/C22H30N2O3S/c1-14-18(20(25)24-22(4,5)6)15(2)23-16(3)19(14)21(26)27-12-13-28-17-10-8-7-9-11-17/h7-11,14,23H,12-13H2,1-6H3,(H,24,25). The van der Waals surface area contributed by atoms with Crippen LogP contribution in [0.5, 0.6) is 0 Å². The van der Waals surface area contributed by atoms with Gasteiger partial charge in [-0.1, -0.05) is 25.1 Å². The monoisotopic (exact) mass is 402 g/mol. The number of esters is 1. The number of amides is 1. The van der Waals surface area contributed by atoms with E-state index in [0.717, 1.165) is 16.3 Å². The Labute approximate surface area is 172 Å². The Hall–Kier alpha value is -2.21. The molecule has 0 saturated carbocycles. The predicted octanol–water partition coefficient (Wildman–Crippen LogP) is 4.02. The largest absolute Gasteiger partial charge is 0.461 e. The van der Waals surface area contributed by atoms with Gasteiger partial charge in [0.1, 0.15) is 6.61 Å². The first-order valence-electron chi connectivity index (χ1n) is 9.46. The van der Waals surface area contributed by atoms with E-state index in [0.29, 0.717) is 23.5 Å². The van der Waals surface area contributed by atoms with Crippen molar-refractivity contribution in [1.82, 2.24) is 10.6 Å². The highest BCUT2D eigenvalue weighted by Gasteiger charge is 2.34. The summed E-state index contributed by atoms with van der Waals surface area (Å²) < 4.78 is 5.50. The molecule has 0 spiro atoms. The number of dihydropyridines is 1. The highest BCUT2D eigenvalue weighted by molar-refractivity contribution is 7.99. The van der Waals surface area contributed by atoms with Gasteiger partial charge in [0.15, 0.2) is 0 Å². The maximum atomic E-state index is 12.7. The fourth-order valence-corrected chi connectivity index (χ4v) is 3.95. The Kier molecular flexibility index (Phi) is 7.35. The van der Waals surface area contributed by atoms with Crippen molar-refractivity contribution in [3.63, 3.8) is 0 Å². The number of allylic oxidation sites excluding steroid dienone is 2. The molecule has 6 heteroatoms. The normalized spacial score (nSPS) is 17.3. The van der Waals surface area contributed by atoms with Gasteiger partial charge in [0, 0.05) is 39.1 Å². The summed E-state index contributed by atoms with van der Waals surface area (Å²) in [5.41, 5.74) is 2.23. The zero-order chi connectivity index (χ0) is 20.9. The summed E-state index contributed by atoms with van der Waals surface area (Å²) in [7, 11) is 0. The van der Waals surface area contributed by atoms with Crippen LogP contribution in [0.4, 0.5) is 0 Å². The van der Waals surface area contributed by atoms with Crippen molar-refractivity contribution in [2.75, 3.05) is 12.4 Å². The summed E-state index contributed by atoms with van der Waals surface area (Å²) in [6, 6.07) is 9.99. The molecule has 2 N–H and O–H groups in total. The van der Waals surface area contributed by atoms with E-state index in [4.69, 9.17) is 4.74 Å². The van der Waals surface area contributed by atoms with E-state index < -0.39 is 0 Å². The molecule has 152 valence electrons. The lowest BCUT2D eigenvalue weighted by Crippen LogP contribution is -2.44. The van der Waals surface area contributed by atoms with Gasteiger partial charge < -0.3 is 15.4 Å². The van der Waals surface area contributed by atoms with Crippen molar-refractivity contribution in [2.45, 2.75) is 52.0 Å². The second-order valence-electron chi connectivity index (χ2n) is 7.93. The molecule has 1 amide bonds. The van der Waals surface area contributed by atoms with Gasteiger partial charge in [-0.15, -0.1) is 11.8 Å². The van der Waals surface area contributed by atoms with Gasteiger partial charge in [-0.25, -0.2) is 4.79 Å². The molecule has 1 aliphatic rings. The molecule has 2 rings (SSSR count). The van der Waals surface area contributed by atoms with Crippen LogP contribution in [0.3, 0.4) is 0 Å². The molecule has 0 bridgehead atoms. The minimum absolute atomic E-state index is 0.164. The third-order valence-corrected chi connectivity index (χ3v) is 5.31. The molecule has 0 radical (unpaired) electrons. The lowest BCUT2D eigenvalue weighted by Gasteiger charge is -2.30. The zero-order valence-electron chi connectivity index (χ0n) is 17.5. The maximum Gasteiger partial charge on any atom is 0.336 e. The summed E-state index contributed by atoms with van der Waals surface area (Å²) in [4.78, 5) is 26.6. The van der Waals surface area contributed by atoms with Gasteiger partial charge in [0.25, 0.3) is 0 Å². The smallest absolute Gasteiger partial charge is 0.336 e. The molecule has 28 heavy (non-hydrogen) atoms. The molecule has 1 atom stereocenters. The van der Waals surface area contributed by atoms with Gasteiger partial charge in [-0.05, 0) is 46.8 Å². The molecular formula is C22H30N2O3S. The number of hydrogen-bond acceptors (Lipinski definition) is 5. The quantitative estimate of drug-likeness (QED) is 0.427. The fourth-order valence-electron chi connectivity index (χ4n) is 3.20. The van der Waals surface area contributed by atoms with E-state index in [1.807, 2.05) is 71.9 Å². The number of hydrogen-bond donors (Lipinski definition) is 2. The molecule has 1 heterocycles. The Morgan fingerprint density at radius 1 is 1.11 bits per heavy atom. The molecule has 1 aromatic rings. The molecule has 0 fully saturated rings. The lowest BCUT2D eigenvalue weighted by molar-refractivity contribution is -0.139. The van der Waals surface area contributed by atoms with Gasteiger partial charge in [-0.3, -0.25) is 4.79 Å². The Morgan fingerprint density at radius 2 is 1.71 bits per heavy atom. The number of ether oxygens (including phenoxy) is 1. The Morgan fingerprint density at radius 3 is 2.32 bits per heavy atom. The molecule has 5 nitrogen and oxygen atoms in total. The van der Waals surface area contributed by atoms with Crippen molar-refractivity contribution in [3.05, 3.63) is 52.9 Å². The summed E-state index contributed by atoms with van der Waals surface area (Å²) in [5, 5.41) is 6.15. The third-order valence-electron chi connectivity index (χ3n) is 4.33. The molecule has 1 unspecified atom stereocenters. The summed E-state index contributed by atoms with van der Waals surface area (Å²) in [6.45, 7) is 11.7. The first kappa shape index (κ1) is 22.1. The summed E-state index contributed by atoms with van der Waals surface area (Å²) in [6.07, 6.45) is 0. The Balaban J connectivity index is 2.00. The van der Waals surface area contributed by atoms with Gasteiger partial charge in [-0.2, -0.15) is 0 Å². The first-order valence-corrected chi connectivity index (χ1v) is 10.4. The molecule has 0 aliphatic carbocycles. The molecular weight excluding hydrogens is 372 g/mol. The highest BCUT2D eigenvalue weighted by Crippen LogP contribution is 2.30. The van der Waals surface area contributed by atoms with Crippen LogP contribution in [0.25, 0.3) is 0 Å². The number of carbonyl (C=O) groups is 2. The van der Waals surface area contributed by atoms with E-state index in [1.165, 1.54) is 0 Å². The number of nitrogens with one attached hydrogen (secondary N) is 2. The highest BCUT2D eigenvalue weighted by atomic mass is 32.2. The minimum atomic E-state index is -0.375. The topological polar surface area (TPSA) is 67.4 Å². The summed E-state index contributed by atoms with van der Waals surface area (Å²) in [5.74, 6) is -0.198. The second kappa shape index (κ2) is 9.32. The average molecular weight is 403 g/mol. The van der Waals surface area contributed by atoms with Crippen LogP contribution in [0.15, 0.2) is 57.8 Å². The van der Waals surface area contributed by atoms with Crippen LogP contribution in [0.1, 0.15) is 41.5 Å². The molecule has 1 aliphatic heterocycles. The van der Waals surface area contributed by atoms with Gasteiger partial charge >= 0.3 is 5.97 Å². The molecule has 1 aromatic carbocycles. The summed E-state index contributed by atoms with van der Waals surface area (Å²) >= 11 is 1.64. The second-order valence-corrected chi connectivity index (χ2v) is 9.09. The number of thioether (sulfide) groups is 1.